The zero-order valence-corrected chi connectivity index (χ0v) is 18.8. The second-order valence-electron chi connectivity index (χ2n) is 7.96. The van der Waals surface area contributed by atoms with Crippen LogP contribution in [0.1, 0.15) is 43.7 Å². The van der Waals surface area contributed by atoms with Gasteiger partial charge < -0.3 is 4.74 Å². The molecule has 7 heteroatoms. The van der Waals surface area contributed by atoms with Gasteiger partial charge in [0.1, 0.15) is 0 Å². The van der Waals surface area contributed by atoms with Crippen LogP contribution in [0.15, 0.2) is 53.4 Å². The third-order valence-corrected chi connectivity index (χ3v) is 7.35. The molecule has 0 bridgehead atoms. The van der Waals surface area contributed by atoms with Gasteiger partial charge in [0.25, 0.3) is 0 Å². The SMILES string of the molecule is CCOC(=O)Cc1ccc(CC2(CNS(=O)(=O)c3ccc(Cl)cc3)CCCC2)cc1. The summed E-state index contributed by atoms with van der Waals surface area (Å²) in [5, 5.41) is 0.507. The van der Waals surface area contributed by atoms with E-state index in [2.05, 4.69) is 4.72 Å². The van der Waals surface area contributed by atoms with Crippen LogP contribution in [0.25, 0.3) is 0 Å². The standard InChI is InChI=1S/C23H28ClNO4S/c1-2-29-22(26)15-18-5-7-19(8-6-18)16-23(13-3-4-14-23)17-25-30(27,28)21-11-9-20(24)10-12-21/h5-12,25H,2-4,13-17H2,1H3. The van der Waals surface area contributed by atoms with Gasteiger partial charge in [0.15, 0.2) is 0 Å². The lowest BCUT2D eigenvalue weighted by Crippen LogP contribution is -2.37. The number of hydrogen-bond donors (Lipinski definition) is 1. The van der Waals surface area contributed by atoms with E-state index in [9.17, 15) is 13.2 Å². The van der Waals surface area contributed by atoms with Crippen LogP contribution < -0.4 is 4.72 Å². The molecule has 1 saturated carbocycles. The van der Waals surface area contributed by atoms with Crippen molar-refractivity contribution < 1.29 is 17.9 Å². The number of ether oxygens (including phenoxy) is 1. The smallest absolute Gasteiger partial charge is 0.310 e. The van der Waals surface area contributed by atoms with Crippen molar-refractivity contribution in [2.75, 3.05) is 13.2 Å². The summed E-state index contributed by atoms with van der Waals surface area (Å²) in [6.07, 6.45) is 5.24. The van der Waals surface area contributed by atoms with Crippen LogP contribution in [0.5, 0.6) is 0 Å². The molecule has 0 aliphatic heterocycles. The Balaban J connectivity index is 1.66. The molecule has 0 spiro atoms. The molecule has 30 heavy (non-hydrogen) atoms. The molecule has 0 saturated heterocycles. The normalized spacial score (nSPS) is 15.8. The number of halogens is 1. The molecule has 0 atom stereocenters. The lowest BCUT2D eigenvalue weighted by molar-refractivity contribution is -0.142. The number of benzene rings is 2. The maximum atomic E-state index is 12.7. The van der Waals surface area contributed by atoms with Gasteiger partial charge >= 0.3 is 5.97 Å². The van der Waals surface area contributed by atoms with E-state index in [1.165, 1.54) is 12.1 Å². The molecule has 5 nitrogen and oxygen atoms in total. The topological polar surface area (TPSA) is 72.5 Å². The molecule has 0 heterocycles. The number of sulfonamides is 1. The van der Waals surface area contributed by atoms with E-state index in [0.29, 0.717) is 18.2 Å². The third kappa shape index (κ3) is 6.06. The van der Waals surface area contributed by atoms with Crippen LogP contribution in [0.2, 0.25) is 5.02 Å². The molecule has 1 fully saturated rings. The van der Waals surface area contributed by atoms with E-state index >= 15 is 0 Å². The summed E-state index contributed by atoms with van der Waals surface area (Å²) in [6, 6.07) is 14.2. The molecule has 1 aliphatic carbocycles. The molecule has 0 amide bonds. The summed E-state index contributed by atoms with van der Waals surface area (Å²) in [5.74, 6) is -0.228. The van der Waals surface area contributed by atoms with Crippen LogP contribution in [0, 0.1) is 5.41 Å². The van der Waals surface area contributed by atoms with E-state index in [-0.39, 0.29) is 22.7 Å². The first-order valence-electron chi connectivity index (χ1n) is 10.3. The molecular weight excluding hydrogens is 422 g/mol. The molecule has 162 valence electrons. The van der Waals surface area contributed by atoms with Crippen LogP contribution in [-0.2, 0) is 32.4 Å². The van der Waals surface area contributed by atoms with Crippen molar-refractivity contribution in [3.8, 4) is 0 Å². The summed E-state index contributed by atoms with van der Waals surface area (Å²) in [4.78, 5) is 11.9. The molecule has 1 aliphatic rings. The summed E-state index contributed by atoms with van der Waals surface area (Å²) in [5.41, 5.74) is 1.97. The maximum Gasteiger partial charge on any atom is 0.310 e. The van der Waals surface area contributed by atoms with Crippen molar-refractivity contribution in [1.29, 1.82) is 0 Å². The number of esters is 1. The van der Waals surface area contributed by atoms with Crippen molar-refractivity contribution in [3.05, 3.63) is 64.7 Å². The summed E-state index contributed by atoms with van der Waals surface area (Å²) in [6.45, 7) is 2.58. The highest BCUT2D eigenvalue weighted by molar-refractivity contribution is 7.89. The van der Waals surface area contributed by atoms with Gasteiger partial charge in [0, 0.05) is 11.6 Å². The van der Waals surface area contributed by atoms with Gasteiger partial charge in [-0.25, -0.2) is 13.1 Å². The van der Waals surface area contributed by atoms with E-state index in [1.54, 1.807) is 19.1 Å². The van der Waals surface area contributed by atoms with E-state index in [0.717, 1.165) is 43.2 Å². The quantitative estimate of drug-likeness (QED) is 0.571. The average molecular weight is 450 g/mol. The Morgan fingerprint density at radius 2 is 1.63 bits per heavy atom. The predicted molar refractivity (Wildman–Crippen MR) is 118 cm³/mol. The van der Waals surface area contributed by atoms with E-state index in [4.69, 9.17) is 16.3 Å². The number of rotatable bonds is 9. The maximum absolute atomic E-state index is 12.7. The van der Waals surface area contributed by atoms with Crippen molar-refractivity contribution in [3.63, 3.8) is 0 Å². The minimum atomic E-state index is -3.58. The van der Waals surface area contributed by atoms with Gasteiger partial charge in [-0.15, -0.1) is 0 Å². The molecule has 2 aromatic rings. The average Bonchev–Trinajstić information content (AvgIpc) is 3.17. The van der Waals surface area contributed by atoms with Gasteiger partial charge in [0.2, 0.25) is 10.0 Å². The van der Waals surface area contributed by atoms with Crippen molar-refractivity contribution in [2.45, 2.75) is 50.3 Å². The first-order valence-corrected chi connectivity index (χ1v) is 12.2. The number of carbonyl (C=O) groups is 1. The molecule has 0 unspecified atom stereocenters. The summed E-state index contributed by atoms with van der Waals surface area (Å²) >= 11 is 5.87. The Morgan fingerprint density at radius 3 is 2.23 bits per heavy atom. The lowest BCUT2D eigenvalue weighted by Gasteiger charge is -2.29. The Kier molecular flexibility index (Phi) is 7.55. The van der Waals surface area contributed by atoms with Crippen LogP contribution in [-0.4, -0.2) is 27.5 Å². The zero-order chi connectivity index (χ0) is 21.6. The van der Waals surface area contributed by atoms with Gasteiger partial charge in [-0.3, -0.25) is 4.79 Å². The monoisotopic (exact) mass is 449 g/mol. The fourth-order valence-electron chi connectivity index (χ4n) is 4.07. The minimum Gasteiger partial charge on any atom is -0.466 e. The molecule has 0 aromatic heterocycles. The Bertz CT molecular complexity index is 950. The van der Waals surface area contributed by atoms with Gasteiger partial charge in [0.05, 0.1) is 17.9 Å². The number of hydrogen-bond acceptors (Lipinski definition) is 4. The van der Waals surface area contributed by atoms with Crippen LogP contribution in [0.3, 0.4) is 0 Å². The van der Waals surface area contributed by atoms with Gasteiger partial charge in [-0.1, -0.05) is 48.7 Å². The number of nitrogens with one attached hydrogen (secondary N) is 1. The lowest BCUT2D eigenvalue weighted by atomic mass is 9.80. The molecule has 0 radical (unpaired) electrons. The second-order valence-corrected chi connectivity index (χ2v) is 10.2. The largest absolute Gasteiger partial charge is 0.466 e. The third-order valence-electron chi connectivity index (χ3n) is 5.68. The predicted octanol–water partition coefficient (Wildman–Crippen LogP) is 4.53. The number of carbonyl (C=O) groups excluding carboxylic acids is 1. The van der Waals surface area contributed by atoms with E-state index in [1.807, 2.05) is 24.3 Å². The van der Waals surface area contributed by atoms with Crippen molar-refractivity contribution >= 4 is 27.6 Å². The molecule has 2 aromatic carbocycles. The first-order chi connectivity index (χ1) is 14.3. The fourth-order valence-corrected chi connectivity index (χ4v) is 5.36. The van der Waals surface area contributed by atoms with Crippen LogP contribution in [0.4, 0.5) is 0 Å². The van der Waals surface area contributed by atoms with Gasteiger partial charge in [-0.2, -0.15) is 0 Å². The summed E-state index contributed by atoms with van der Waals surface area (Å²) < 4.78 is 33.2. The molecular formula is C23H28ClNO4S. The summed E-state index contributed by atoms with van der Waals surface area (Å²) in [7, 11) is -3.58. The highest BCUT2D eigenvalue weighted by Crippen LogP contribution is 2.40. The zero-order valence-electron chi connectivity index (χ0n) is 17.2. The molecule has 1 N–H and O–H groups in total. The minimum absolute atomic E-state index is 0.0951. The highest BCUT2D eigenvalue weighted by atomic mass is 35.5. The van der Waals surface area contributed by atoms with E-state index < -0.39 is 10.0 Å². The van der Waals surface area contributed by atoms with Crippen molar-refractivity contribution in [2.24, 2.45) is 5.41 Å². The fraction of sp³-hybridized carbons (Fsp3) is 0.435. The Labute approximate surface area is 183 Å². The first kappa shape index (κ1) is 22.8. The van der Waals surface area contributed by atoms with Crippen molar-refractivity contribution in [1.82, 2.24) is 4.72 Å². The Hall–Kier alpha value is -1.89. The highest BCUT2D eigenvalue weighted by Gasteiger charge is 2.35. The van der Waals surface area contributed by atoms with Crippen LogP contribution >= 0.6 is 11.6 Å². The second kappa shape index (κ2) is 9.94. The molecule has 3 rings (SSSR count). The van der Waals surface area contributed by atoms with Gasteiger partial charge in [-0.05, 0) is 67.0 Å². The Morgan fingerprint density at radius 1 is 1.03 bits per heavy atom.